The first-order valence-corrected chi connectivity index (χ1v) is 9.29. The van der Waals surface area contributed by atoms with Crippen LogP contribution < -0.4 is 0 Å². The van der Waals surface area contributed by atoms with E-state index in [1.807, 2.05) is 91.0 Å². The van der Waals surface area contributed by atoms with Crippen LogP contribution in [0.4, 0.5) is 0 Å². The first-order valence-electron chi connectivity index (χ1n) is 9.29. The summed E-state index contributed by atoms with van der Waals surface area (Å²) >= 11 is 0. The van der Waals surface area contributed by atoms with Crippen LogP contribution in [-0.2, 0) is 0 Å². The van der Waals surface area contributed by atoms with Gasteiger partial charge in [0, 0.05) is 0 Å². The predicted octanol–water partition coefficient (Wildman–Crippen LogP) is 5.59. The molecule has 3 aromatic carbocycles. The van der Waals surface area contributed by atoms with Crippen molar-refractivity contribution in [2.24, 2.45) is 0 Å². The van der Waals surface area contributed by atoms with E-state index in [2.05, 4.69) is 15.0 Å². The second kappa shape index (κ2) is 8.76. The van der Waals surface area contributed by atoms with E-state index in [-0.39, 0.29) is 5.75 Å². The molecule has 0 aliphatic heterocycles. The lowest BCUT2D eigenvalue weighted by molar-refractivity contribution is 0.477. The van der Waals surface area contributed by atoms with Gasteiger partial charge >= 0.3 is 0 Å². The highest BCUT2D eigenvalue weighted by molar-refractivity contribution is 5.71. The number of hydrogen-bond donors (Lipinski definition) is 1. The molecule has 0 bridgehead atoms. The Hall–Kier alpha value is -4.05. The molecule has 4 nitrogen and oxygen atoms in total. The highest BCUT2D eigenvalue weighted by Gasteiger charge is 2.09. The van der Waals surface area contributed by atoms with Gasteiger partial charge in [0.2, 0.25) is 0 Å². The van der Waals surface area contributed by atoms with E-state index in [0.29, 0.717) is 23.0 Å². The molecule has 0 saturated heterocycles. The van der Waals surface area contributed by atoms with Crippen LogP contribution in [0, 0.1) is 0 Å². The SMILES string of the molecule is Oc1ccccc1-c1nc(C=Cc2ccccc2)nc(C=Cc2ccccc2)n1. The Labute approximate surface area is 169 Å². The van der Waals surface area contributed by atoms with Crippen LogP contribution >= 0.6 is 0 Å². The molecule has 1 N–H and O–H groups in total. The predicted molar refractivity (Wildman–Crippen MR) is 118 cm³/mol. The number of phenolic OH excluding ortho intramolecular Hbond substituents is 1. The van der Waals surface area contributed by atoms with Crippen LogP contribution in [-0.4, -0.2) is 20.1 Å². The Balaban J connectivity index is 1.74. The molecule has 140 valence electrons. The van der Waals surface area contributed by atoms with Crippen molar-refractivity contribution >= 4 is 24.3 Å². The molecule has 4 aromatic rings. The summed E-state index contributed by atoms with van der Waals surface area (Å²) < 4.78 is 0. The summed E-state index contributed by atoms with van der Waals surface area (Å²) in [6.07, 6.45) is 7.60. The van der Waals surface area contributed by atoms with E-state index in [4.69, 9.17) is 0 Å². The third kappa shape index (κ3) is 4.82. The number of hydrogen-bond acceptors (Lipinski definition) is 4. The van der Waals surface area contributed by atoms with Crippen LogP contribution in [0.5, 0.6) is 5.75 Å². The molecule has 0 unspecified atom stereocenters. The molecular formula is C25H19N3O. The van der Waals surface area contributed by atoms with Crippen molar-refractivity contribution in [1.29, 1.82) is 0 Å². The number of rotatable bonds is 5. The maximum absolute atomic E-state index is 10.2. The largest absolute Gasteiger partial charge is 0.507 e. The summed E-state index contributed by atoms with van der Waals surface area (Å²) in [5, 5.41) is 10.2. The van der Waals surface area contributed by atoms with Gasteiger partial charge in [-0.2, -0.15) is 0 Å². The molecule has 0 atom stereocenters. The molecule has 0 aliphatic carbocycles. The monoisotopic (exact) mass is 377 g/mol. The fraction of sp³-hybridized carbons (Fsp3) is 0. The average molecular weight is 377 g/mol. The summed E-state index contributed by atoms with van der Waals surface area (Å²) in [6, 6.07) is 27.0. The minimum absolute atomic E-state index is 0.134. The molecule has 4 heteroatoms. The van der Waals surface area contributed by atoms with Gasteiger partial charge in [0.25, 0.3) is 0 Å². The summed E-state index contributed by atoms with van der Waals surface area (Å²) in [5.74, 6) is 1.61. The zero-order valence-electron chi connectivity index (χ0n) is 15.7. The number of para-hydroxylation sites is 1. The fourth-order valence-electron chi connectivity index (χ4n) is 2.81. The van der Waals surface area contributed by atoms with E-state index < -0.39 is 0 Å². The van der Waals surface area contributed by atoms with Crippen molar-refractivity contribution < 1.29 is 5.11 Å². The normalized spacial score (nSPS) is 11.3. The number of phenols is 1. The Bertz CT molecular complexity index is 1090. The fourth-order valence-corrected chi connectivity index (χ4v) is 2.81. The van der Waals surface area contributed by atoms with Gasteiger partial charge in [-0.1, -0.05) is 84.9 Å². The van der Waals surface area contributed by atoms with Crippen molar-refractivity contribution in [3.8, 4) is 17.1 Å². The quantitative estimate of drug-likeness (QED) is 0.493. The second-order valence-electron chi connectivity index (χ2n) is 6.38. The molecule has 0 aliphatic rings. The molecule has 1 aromatic heterocycles. The molecular weight excluding hydrogens is 358 g/mol. The third-order valence-electron chi connectivity index (χ3n) is 4.26. The third-order valence-corrected chi connectivity index (χ3v) is 4.26. The van der Waals surface area contributed by atoms with Crippen molar-refractivity contribution in [3.05, 3.63) is 108 Å². The van der Waals surface area contributed by atoms with Gasteiger partial charge in [0.1, 0.15) is 5.75 Å². The Morgan fingerprint density at radius 2 is 1.00 bits per heavy atom. The average Bonchev–Trinajstić information content (AvgIpc) is 2.78. The first-order chi connectivity index (χ1) is 14.3. The highest BCUT2D eigenvalue weighted by atomic mass is 16.3. The topological polar surface area (TPSA) is 58.9 Å². The van der Waals surface area contributed by atoms with Gasteiger partial charge in [0.05, 0.1) is 5.56 Å². The molecule has 4 rings (SSSR count). The number of benzene rings is 3. The van der Waals surface area contributed by atoms with Crippen LogP contribution in [0.2, 0.25) is 0 Å². The maximum Gasteiger partial charge on any atom is 0.167 e. The van der Waals surface area contributed by atoms with Gasteiger partial charge in [0.15, 0.2) is 17.5 Å². The van der Waals surface area contributed by atoms with Gasteiger partial charge < -0.3 is 5.11 Å². The highest BCUT2D eigenvalue weighted by Crippen LogP contribution is 2.26. The minimum Gasteiger partial charge on any atom is -0.507 e. The lowest BCUT2D eigenvalue weighted by Gasteiger charge is -2.05. The maximum atomic E-state index is 10.2. The van der Waals surface area contributed by atoms with E-state index >= 15 is 0 Å². The summed E-state index contributed by atoms with van der Waals surface area (Å²) in [6.45, 7) is 0. The van der Waals surface area contributed by atoms with Crippen molar-refractivity contribution in [3.63, 3.8) is 0 Å². The molecule has 0 amide bonds. The first kappa shape index (κ1) is 18.3. The van der Waals surface area contributed by atoms with E-state index in [9.17, 15) is 5.11 Å². The molecule has 1 heterocycles. The number of nitrogens with zero attached hydrogens (tertiary/aromatic N) is 3. The minimum atomic E-state index is 0.134. The van der Waals surface area contributed by atoms with Crippen molar-refractivity contribution in [1.82, 2.24) is 15.0 Å². The van der Waals surface area contributed by atoms with Crippen LogP contribution in [0.25, 0.3) is 35.7 Å². The molecule has 0 saturated carbocycles. The molecule has 29 heavy (non-hydrogen) atoms. The van der Waals surface area contributed by atoms with Gasteiger partial charge in [-0.05, 0) is 35.4 Å². The lowest BCUT2D eigenvalue weighted by atomic mass is 10.2. The second-order valence-corrected chi connectivity index (χ2v) is 6.38. The van der Waals surface area contributed by atoms with Crippen molar-refractivity contribution in [2.45, 2.75) is 0 Å². The van der Waals surface area contributed by atoms with E-state index in [1.165, 1.54) is 0 Å². The Morgan fingerprint density at radius 1 is 0.517 bits per heavy atom. The zero-order chi connectivity index (χ0) is 19.9. The molecule has 0 radical (unpaired) electrons. The Morgan fingerprint density at radius 3 is 1.52 bits per heavy atom. The van der Waals surface area contributed by atoms with Crippen LogP contribution in [0.1, 0.15) is 22.8 Å². The van der Waals surface area contributed by atoms with Gasteiger partial charge in [-0.3, -0.25) is 0 Å². The van der Waals surface area contributed by atoms with Gasteiger partial charge in [-0.15, -0.1) is 0 Å². The van der Waals surface area contributed by atoms with Crippen molar-refractivity contribution in [2.75, 3.05) is 0 Å². The molecule has 0 spiro atoms. The molecule has 0 fully saturated rings. The van der Waals surface area contributed by atoms with E-state index in [0.717, 1.165) is 11.1 Å². The van der Waals surface area contributed by atoms with Crippen LogP contribution in [0.15, 0.2) is 84.9 Å². The summed E-state index contributed by atoms with van der Waals surface area (Å²) in [4.78, 5) is 13.6. The summed E-state index contributed by atoms with van der Waals surface area (Å²) in [7, 11) is 0. The smallest absolute Gasteiger partial charge is 0.167 e. The standard InChI is InChI=1S/C25H19N3O/c29-22-14-8-7-13-21(22)25-27-23(17-15-19-9-3-1-4-10-19)26-24(28-25)18-16-20-11-5-2-6-12-20/h1-18,29H. The number of aromatic nitrogens is 3. The lowest BCUT2D eigenvalue weighted by Crippen LogP contribution is -1.99. The van der Waals surface area contributed by atoms with Gasteiger partial charge in [-0.25, -0.2) is 15.0 Å². The number of aromatic hydroxyl groups is 1. The summed E-state index contributed by atoms with van der Waals surface area (Å²) in [5.41, 5.74) is 2.68. The zero-order valence-corrected chi connectivity index (χ0v) is 15.7. The van der Waals surface area contributed by atoms with Crippen LogP contribution in [0.3, 0.4) is 0 Å². The Kier molecular flexibility index (Phi) is 5.53. The van der Waals surface area contributed by atoms with E-state index in [1.54, 1.807) is 18.2 Å².